The quantitative estimate of drug-likeness (QED) is 0.858. The minimum atomic E-state index is -0.522. The fourth-order valence-corrected chi connectivity index (χ4v) is 2.46. The monoisotopic (exact) mass is 323 g/mol. The SMILES string of the molecule is CCCNC(=O)c1cc2nc(C(=O)OC)n(CC)c2cc1Cl. The molecule has 2 rings (SSSR count). The molecule has 0 saturated heterocycles. The van der Waals surface area contributed by atoms with E-state index in [4.69, 9.17) is 16.3 Å². The van der Waals surface area contributed by atoms with Gasteiger partial charge in [-0.15, -0.1) is 0 Å². The molecule has 0 aliphatic carbocycles. The van der Waals surface area contributed by atoms with Crippen LogP contribution in [-0.2, 0) is 11.3 Å². The van der Waals surface area contributed by atoms with Crippen LogP contribution in [0.2, 0.25) is 5.02 Å². The molecular weight excluding hydrogens is 306 g/mol. The Bertz CT molecular complexity index is 724. The molecule has 0 spiro atoms. The van der Waals surface area contributed by atoms with Gasteiger partial charge in [-0.05, 0) is 25.5 Å². The van der Waals surface area contributed by atoms with Gasteiger partial charge < -0.3 is 14.6 Å². The molecule has 1 heterocycles. The third kappa shape index (κ3) is 2.92. The van der Waals surface area contributed by atoms with Crippen LogP contribution in [0.15, 0.2) is 12.1 Å². The number of fused-ring (bicyclic) bond motifs is 1. The molecule has 0 bridgehead atoms. The Morgan fingerprint density at radius 1 is 1.36 bits per heavy atom. The van der Waals surface area contributed by atoms with Gasteiger partial charge in [-0.3, -0.25) is 4.79 Å². The molecule has 1 N–H and O–H groups in total. The number of amides is 1. The Balaban J connectivity index is 2.54. The summed E-state index contributed by atoms with van der Waals surface area (Å²) in [6.07, 6.45) is 0.836. The zero-order chi connectivity index (χ0) is 16.3. The summed E-state index contributed by atoms with van der Waals surface area (Å²) in [4.78, 5) is 28.2. The van der Waals surface area contributed by atoms with Gasteiger partial charge in [0.1, 0.15) is 0 Å². The number of carbonyl (C=O) groups excluding carboxylic acids is 2. The van der Waals surface area contributed by atoms with Crippen molar-refractivity contribution in [3.05, 3.63) is 28.5 Å². The van der Waals surface area contributed by atoms with Crippen LogP contribution in [0.5, 0.6) is 0 Å². The lowest BCUT2D eigenvalue weighted by atomic mass is 10.2. The molecule has 0 unspecified atom stereocenters. The normalized spacial score (nSPS) is 10.7. The van der Waals surface area contributed by atoms with E-state index in [9.17, 15) is 9.59 Å². The number of carbonyl (C=O) groups is 2. The first kappa shape index (κ1) is 16.3. The lowest BCUT2D eigenvalue weighted by Gasteiger charge is -2.07. The highest BCUT2D eigenvalue weighted by atomic mass is 35.5. The van der Waals surface area contributed by atoms with Crippen molar-refractivity contribution in [3.8, 4) is 0 Å². The predicted octanol–water partition coefficient (Wildman–Crippen LogP) is 2.64. The number of rotatable bonds is 5. The zero-order valence-electron chi connectivity index (χ0n) is 12.8. The maximum absolute atomic E-state index is 12.1. The minimum Gasteiger partial charge on any atom is -0.463 e. The van der Waals surface area contributed by atoms with Crippen molar-refractivity contribution in [3.63, 3.8) is 0 Å². The van der Waals surface area contributed by atoms with Gasteiger partial charge in [0.25, 0.3) is 5.91 Å². The first-order valence-corrected chi connectivity index (χ1v) is 7.47. The molecule has 1 aromatic heterocycles. The van der Waals surface area contributed by atoms with Crippen LogP contribution >= 0.6 is 11.6 Å². The van der Waals surface area contributed by atoms with Crippen LogP contribution in [0.4, 0.5) is 0 Å². The molecule has 22 heavy (non-hydrogen) atoms. The number of esters is 1. The van der Waals surface area contributed by atoms with E-state index in [0.717, 1.165) is 6.42 Å². The van der Waals surface area contributed by atoms with E-state index in [2.05, 4.69) is 10.3 Å². The van der Waals surface area contributed by atoms with E-state index in [1.165, 1.54) is 7.11 Å². The topological polar surface area (TPSA) is 73.2 Å². The van der Waals surface area contributed by atoms with Crippen molar-refractivity contribution in [1.29, 1.82) is 0 Å². The molecule has 0 atom stereocenters. The molecule has 1 aromatic carbocycles. The van der Waals surface area contributed by atoms with Crippen LogP contribution in [0.25, 0.3) is 11.0 Å². The Labute approximate surface area is 133 Å². The molecule has 7 heteroatoms. The van der Waals surface area contributed by atoms with Gasteiger partial charge in [0, 0.05) is 13.1 Å². The summed E-state index contributed by atoms with van der Waals surface area (Å²) in [5.74, 6) is -0.576. The van der Waals surface area contributed by atoms with Crippen molar-refractivity contribution in [2.24, 2.45) is 0 Å². The largest absolute Gasteiger partial charge is 0.463 e. The summed E-state index contributed by atoms with van der Waals surface area (Å²) in [5, 5.41) is 3.10. The number of ether oxygens (including phenoxy) is 1. The van der Waals surface area contributed by atoms with Gasteiger partial charge in [0.2, 0.25) is 5.82 Å². The standard InChI is InChI=1S/C15H18ClN3O3/c1-4-6-17-14(20)9-7-11-12(8-10(9)16)19(5-2)13(18-11)15(21)22-3/h7-8H,4-6H2,1-3H3,(H,17,20). The maximum atomic E-state index is 12.1. The molecule has 118 valence electrons. The number of aromatic nitrogens is 2. The van der Waals surface area contributed by atoms with Gasteiger partial charge in [-0.2, -0.15) is 0 Å². The van der Waals surface area contributed by atoms with Gasteiger partial charge in [-0.1, -0.05) is 18.5 Å². The fourth-order valence-electron chi connectivity index (χ4n) is 2.22. The van der Waals surface area contributed by atoms with Crippen molar-refractivity contribution >= 4 is 34.5 Å². The van der Waals surface area contributed by atoms with Crippen LogP contribution in [0, 0.1) is 0 Å². The highest BCUT2D eigenvalue weighted by Gasteiger charge is 2.20. The second-order valence-corrected chi connectivity index (χ2v) is 5.16. The molecular formula is C15H18ClN3O3. The maximum Gasteiger partial charge on any atom is 0.374 e. The Morgan fingerprint density at radius 2 is 2.09 bits per heavy atom. The Hall–Kier alpha value is -2.08. The highest BCUT2D eigenvalue weighted by Crippen LogP contribution is 2.25. The molecule has 0 saturated carbocycles. The summed E-state index contributed by atoms with van der Waals surface area (Å²) in [6.45, 7) is 4.97. The first-order valence-electron chi connectivity index (χ1n) is 7.09. The number of methoxy groups -OCH3 is 1. The van der Waals surface area contributed by atoms with Crippen LogP contribution in [-0.4, -0.2) is 35.1 Å². The van der Waals surface area contributed by atoms with Gasteiger partial charge >= 0.3 is 5.97 Å². The second kappa shape index (κ2) is 6.79. The number of nitrogens with zero attached hydrogens (tertiary/aromatic N) is 2. The zero-order valence-corrected chi connectivity index (χ0v) is 13.5. The lowest BCUT2D eigenvalue weighted by molar-refractivity contribution is 0.0582. The Morgan fingerprint density at radius 3 is 2.68 bits per heavy atom. The summed E-state index contributed by atoms with van der Waals surface area (Å²) >= 11 is 6.21. The third-order valence-corrected chi connectivity index (χ3v) is 3.61. The van der Waals surface area contributed by atoms with Crippen LogP contribution in [0.3, 0.4) is 0 Å². The number of benzene rings is 1. The number of aryl methyl sites for hydroxylation is 1. The molecule has 6 nitrogen and oxygen atoms in total. The van der Waals surface area contributed by atoms with Crippen molar-refractivity contribution in [2.45, 2.75) is 26.8 Å². The van der Waals surface area contributed by atoms with E-state index in [0.29, 0.717) is 34.7 Å². The number of halogens is 1. The molecule has 0 aliphatic heterocycles. The summed E-state index contributed by atoms with van der Waals surface area (Å²) in [5.41, 5.74) is 1.58. The Kier molecular flexibility index (Phi) is 5.03. The average molecular weight is 324 g/mol. The lowest BCUT2D eigenvalue weighted by Crippen LogP contribution is -2.24. The van der Waals surface area contributed by atoms with Crippen LogP contribution < -0.4 is 5.32 Å². The number of hydrogen-bond donors (Lipinski definition) is 1. The van der Waals surface area contributed by atoms with Gasteiger partial charge in [0.15, 0.2) is 0 Å². The van der Waals surface area contributed by atoms with E-state index < -0.39 is 5.97 Å². The molecule has 1 amide bonds. The summed E-state index contributed by atoms with van der Waals surface area (Å²) < 4.78 is 6.44. The van der Waals surface area contributed by atoms with E-state index >= 15 is 0 Å². The highest BCUT2D eigenvalue weighted by molar-refractivity contribution is 6.34. The number of hydrogen-bond acceptors (Lipinski definition) is 4. The number of imidazole rings is 1. The fraction of sp³-hybridized carbons (Fsp3) is 0.400. The average Bonchev–Trinajstić information content (AvgIpc) is 2.88. The summed E-state index contributed by atoms with van der Waals surface area (Å²) in [7, 11) is 1.30. The molecule has 0 aliphatic rings. The van der Waals surface area contributed by atoms with Gasteiger partial charge in [-0.25, -0.2) is 9.78 Å². The first-order chi connectivity index (χ1) is 10.5. The predicted molar refractivity (Wildman–Crippen MR) is 84.4 cm³/mol. The van der Waals surface area contributed by atoms with E-state index in [-0.39, 0.29) is 11.7 Å². The second-order valence-electron chi connectivity index (χ2n) is 4.75. The molecule has 0 radical (unpaired) electrons. The minimum absolute atomic E-state index is 0.196. The summed E-state index contributed by atoms with van der Waals surface area (Å²) in [6, 6.07) is 3.25. The van der Waals surface area contributed by atoms with E-state index in [1.807, 2.05) is 13.8 Å². The van der Waals surface area contributed by atoms with Crippen LogP contribution in [0.1, 0.15) is 41.2 Å². The van der Waals surface area contributed by atoms with Crippen molar-refractivity contribution in [2.75, 3.05) is 13.7 Å². The van der Waals surface area contributed by atoms with Crippen molar-refractivity contribution < 1.29 is 14.3 Å². The molecule has 2 aromatic rings. The molecule has 0 fully saturated rings. The third-order valence-electron chi connectivity index (χ3n) is 3.30. The number of nitrogens with one attached hydrogen (secondary N) is 1. The van der Waals surface area contributed by atoms with Gasteiger partial charge in [0.05, 0.1) is 28.7 Å². The smallest absolute Gasteiger partial charge is 0.374 e. The van der Waals surface area contributed by atoms with Crippen molar-refractivity contribution in [1.82, 2.24) is 14.9 Å². The van der Waals surface area contributed by atoms with E-state index in [1.54, 1.807) is 16.7 Å².